The van der Waals surface area contributed by atoms with Crippen molar-refractivity contribution in [3.8, 4) is 16.9 Å². The summed E-state index contributed by atoms with van der Waals surface area (Å²) in [5, 5.41) is 3.12. The minimum atomic E-state index is -0.751. The van der Waals surface area contributed by atoms with Crippen LogP contribution in [0.25, 0.3) is 22.1 Å². The molecule has 1 amide bonds. The van der Waals surface area contributed by atoms with Crippen molar-refractivity contribution in [3.63, 3.8) is 0 Å². The number of carbonyl (C=O) groups is 2. The van der Waals surface area contributed by atoms with E-state index in [1.165, 1.54) is 12.1 Å². The summed E-state index contributed by atoms with van der Waals surface area (Å²) in [6.07, 6.45) is 0. The Labute approximate surface area is 178 Å². The first-order valence-corrected chi connectivity index (χ1v) is 9.79. The lowest BCUT2D eigenvalue weighted by Crippen LogP contribution is -2.27. The topological polar surface area (TPSA) is 85.6 Å². The van der Waals surface area contributed by atoms with Gasteiger partial charge >= 0.3 is 11.6 Å². The second-order valence-electron chi connectivity index (χ2n) is 6.84. The fraction of sp³-hybridized carbons (Fsp3) is 0.0800. The first-order valence-electron chi connectivity index (χ1n) is 9.79. The van der Waals surface area contributed by atoms with Gasteiger partial charge in [0, 0.05) is 18.0 Å². The van der Waals surface area contributed by atoms with Crippen molar-refractivity contribution in [1.29, 1.82) is 0 Å². The number of benzene rings is 3. The average Bonchev–Trinajstić information content (AvgIpc) is 2.79. The Hall–Kier alpha value is -4.19. The highest BCUT2D eigenvalue weighted by atomic mass is 16.5. The molecule has 6 nitrogen and oxygen atoms in total. The van der Waals surface area contributed by atoms with E-state index >= 15 is 0 Å². The van der Waals surface area contributed by atoms with Crippen molar-refractivity contribution in [2.24, 2.45) is 0 Å². The Morgan fingerprint density at radius 2 is 1.61 bits per heavy atom. The maximum absolute atomic E-state index is 12.5. The van der Waals surface area contributed by atoms with Crippen LogP contribution in [0.4, 0.5) is 0 Å². The highest BCUT2D eigenvalue weighted by molar-refractivity contribution is 5.97. The predicted octanol–water partition coefficient (Wildman–Crippen LogP) is 4.43. The van der Waals surface area contributed by atoms with Crippen LogP contribution in [-0.2, 0) is 0 Å². The Balaban J connectivity index is 1.54. The molecule has 4 rings (SSSR count). The Morgan fingerprint density at radius 3 is 2.32 bits per heavy atom. The number of ether oxygens (including phenoxy) is 1. The molecule has 3 aromatic carbocycles. The van der Waals surface area contributed by atoms with Gasteiger partial charge in [0.15, 0.2) is 0 Å². The summed E-state index contributed by atoms with van der Waals surface area (Å²) < 4.78 is 10.7. The van der Waals surface area contributed by atoms with Crippen molar-refractivity contribution in [2.45, 2.75) is 6.92 Å². The van der Waals surface area contributed by atoms with Crippen LogP contribution in [0.5, 0.6) is 5.75 Å². The van der Waals surface area contributed by atoms with Gasteiger partial charge in [-0.05, 0) is 48.4 Å². The summed E-state index contributed by atoms with van der Waals surface area (Å²) in [5.41, 5.74) is 1.85. The average molecular weight is 413 g/mol. The van der Waals surface area contributed by atoms with E-state index in [1.807, 2.05) is 42.5 Å². The van der Waals surface area contributed by atoms with Gasteiger partial charge in [0.2, 0.25) is 0 Å². The first kappa shape index (κ1) is 20.1. The SMILES string of the molecule is CCNC(=O)c1cc2ccc(OC(=O)c3ccc(-c4ccccc4)cc3)cc2oc1=O. The highest BCUT2D eigenvalue weighted by Gasteiger charge is 2.14. The fourth-order valence-corrected chi connectivity index (χ4v) is 3.16. The van der Waals surface area contributed by atoms with Gasteiger partial charge in [0.25, 0.3) is 5.91 Å². The van der Waals surface area contributed by atoms with E-state index in [0.717, 1.165) is 11.1 Å². The molecule has 0 bridgehead atoms. The summed E-state index contributed by atoms with van der Waals surface area (Å²) in [5.74, 6) is -0.786. The van der Waals surface area contributed by atoms with Gasteiger partial charge in [-0.3, -0.25) is 4.79 Å². The van der Waals surface area contributed by atoms with E-state index in [4.69, 9.17) is 9.15 Å². The van der Waals surface area contributed by atoms with E-state index in [1.54, 1.807) is 31.2 Å². The van der Waals surface area contributed by atoms with E-state index in [-0.39, 0.29) is 16.9 Å². The van der Waals surface area contributed by atoms with Crippen LogP contribution in [0.2, 0.25) is 0 Å². The number of fused-ring (bicyclic) bond motifs is 1. The van der Waals surface area contributed by atoms with Crippen molar-refractivity contribution in [3.05, 3.63) is 100 Å². The number of hydrogen-bond donors (Lipinski definition) is 1. The minimum Gasteiger partial charge on any atom is -0.423 e. The largest absolute Gasteiger partial charge is 0.423 e. The lowest BCUT2D eigenvalue weighted by atomic mass is 10.0. The molecule has 0 unspecified atom stereocenters. The third kappa shape index (κ3) is 4.38. The van der Waals surface area contributed by atoms with Gasteiger partial charge in [-0.15, -0.1) is 0 Å². The third-order valence-corrected chi connectivity index (χ3v) is 4.73. The molecule has 1 aromatic heterocycles. The number of amides is 1. The minimum absolute atomic E-state index is 0.0717. The molecule has 0 radical (unpaired) electrons. The zero-order chi connectivity index (χ0) is 21.8. The molecule has 31 heavy (non-hydrogen) atoms. The van der Waals surface area contributed by atoms with E-state index in [0.29, 0.717) is 17.5 Å². The molecule has 1 N–H and O–H groups in total. The Bertz CT molecular complexity index is 1310. The molecule has 0 aliphatic carbocycles. The summed E-state index contributed by atoms with van der Waals surface area (Å²) in [6.45, 7) is 2.16. The predicted molar refractivity (Wildman–Crippen MR) is 117 cm³/mol. The molecular weight excluding hydrogens is 394 g/mol. The summed E-state index contributed by atoms with van der Waals surface area (Å²) >= 11 is 0. The number of hydrogen-bond acceptors (Lipinski definition) is 5. The van der Waals surface area contributed by atoms with Crippen LogP contribution in [0.1, 0.15) is 27.6 Å². The standard InChI is InChI=1S/C25H19NO5/c1-2-26-23(27)21-14-19-12-13-20(15-22(19)31-25(21)29)30-24(28)18-10-8-17(9-11-18)16-6-4-3-5-7-16/h3-15H,2H2,1H3,(H,26,27). The number of carbonyl (C=O) groups excluding carboxylic acids is 2. The van der Waals surface area contributed by atoms with Crippen molar-refractivity contribution in [1.82, 2.24) is 5.32 Å². The van der Waals surface area contributed by atoms with Gasteiger partial charge in [0.1, 0.15) is 16.9 Å². The maximum atomic E-state index is 12.5. The zero-order valence-electron chi connectivity index (χ0n) is 16.8. The second kappa shape index (κ2) is 8.67. The van der Waals surface area contributed by atoms with Crippen molar-refractivity contribution < 1.29 is 18.7 Å². The lowest BCUT2D eigenvalue weighted by molar-refractivity contribution is 0.0734. The molecule has 0 aliphatic rings. The van der Waals surface area contributed by atoms with Crippen LogP contribution in [0.15, 0.2) is 88.1 Å². The highest BCUT2D eigenvalue weighted by Crippen LogP contribution is 2.23. The van der Waals surface area contributed by atoms with Gasteiger partial charge < -0.3 is 14.5 Å². The van der Waals surface area contributed by atoms with Crippen LogP contribution in [0, 0.1) is 0 Å². The quantitative estimate of drug-likeness (QED) is 0.297. The monoisotopic (exact) mass is 413 g/mol. The van der Waals surface area contributed by atoms with E-state index in [2.05, 4.69) is 5.32 Å². The number of nitrogens with one attached hydrogen (secondary N) is 1. The Morgan fingerprint density at radius 1 is 0.903 bits per heavy atom. The van der Waals surface area contributed by atoms with Crippen molar-refractivity contribution in [2.75, 3.05) is 6.54 Å². The van der Waals surface area contributed by atoms with Crippen LogP contribution >= 0.6 is 0 Å². The van der Waals surface area contributed by atoms with Crippen LogP contribution < -0.4 is 15.7 Å². The van der Waals surface area contributed by atoms with Gasteiger partial charge in [0.05, 0.1) is 5.56 Å². The van der Waals surface area contributed by atoms with Gasteiger partial charge in [-0.1, -0.05) is 42.5 Å². The normalized spacial score (nSPS) is 10.6. The number of rotatable bonds is 5. The fourth-order valence-electron chi connectivity index (χ4n) is 3.16. The molecule has 0 atom stereocenters. The lowest BCUT2D eigenvalue weighted by Gasteiger charge is -2.07. The molecule has 0 fully saturated rings. The molecule has 154 valence electrons. The van der Waals surface area contributed by atoms with E-state index < -0.39 is 17.5 Å². The molecule has 0 spiro atoms. The zero-order valence-corrected chi connectivity index (χ0v) is 16.8. The number of esters is 1. The second-order valence-corrected chi connectivity index (χ2v) is 6.84. The molecule has 4 aromatic rings. The molecule has 0 saturated carbocycles. The molecule has 0 saturated heterocycles. The summed E-state index contributed by atoms with van der Waals surface area (Å²) in [7, 11) is 0. The third-order valence-electron chi connectivity index (χ3n) is 4.73. The van der Waals surface area contributed by atoms with Crippen molar-refractivity contribution >= 4 is 22.8 Å². The Kier molecular flexibility index (Phi) is 5.62. The maximum Gasteiger partial charge on any atom is 0.349 e. The smallest absolute Gasteiger partial charge is 0.349 e. The molecule has 0 aliphatic heterocycles. The molecular formula is C25H19NO5. The molecule has 6 heteroatoms. The van der Waals surface area contributed by atoms with E-state index in [9.17, 15) is 14.4 Å². The first-order chi connectivity index (χ1) is 15.0. The summed E-state index contributed by atoms with van der Waals surface area (Å²) in [6, 6.07) is 23.1. The summed E-state index contributed by atoms with van der Waals surface area (Å²) in [4.78, 5) is 36.6. The van der Waals surface area contributed by atoms with Gasteiger partial charge in [-0.25, -0.2) is 9.59 Å². The molecule has 1 heterocycles. The van der Waals surface area contributed by atoms with Crippen LogP contribution in [-0.4, -0.2) is 18.4 Å². The van der Waals surface area contributed by atoms with Gasteiger partial charge in [-0.2, -0.15) is 0 Å². The van der Waals surface area contributed by atoms with Crippen LogP contribution in [0.3, 0.4) is 0 Å².